The van der Waals surface area contributed by atoms with Crippen LogP contribution in [-0.2, 0) is 4.79 Å². The van der Waals surface area contributed by atoms with E-state index in [2.05, 4.69) is 10.3 Å². The largest absolute Gasteiger partial charge is 0.397 e. The third kappa shape index (κ3) is 2.25. The van der Waals surface area contributed by atoms with Crippen LogP contribution < -0.4 is 11.1 Å². The minimum atomic E-state index is -0.127. The fourth-order valence-corrected chi connectivity index (χ4v) is 0.729. The Labute approximate surface area is 64.4 Å². The van der Waals surface area contributed by atoms with Crippen molar-refractivity contribution in [3.63, 3.8) is 0 Å². The average Bonchev–Trinajstić information content (AvgIpc) is 1.85. The van der Waals surface area contributed by atoms with Gasteiger partial charge < -0.3 is 11.1 Å². The van der Waals surface area contributed by atoms with Crippen molar-refractivity contribution in [3.05, 3.63) is 18.5 Å². The summed E-state index contributed by atoms with van der Waals surface area (Å²) < 4.78 is 0. The molecule has 11 heavy (non-hydrogen) atoms. The quantitative estimate of drug-likeness (QED) is 0.618. The number of nitrogens with one attached hydrogen (secondary N) is 1. The molecule has 0 aliphatic heterocycles. The molecular formula is C7H9N3O. The van der Waals surface area contributed by atoms with Gasteiger partial charge in [0, 0.05) is 13.1 Å². The van der Waals surface area contributed by atoms with Crippen LogP contribution in [0.4, 0.5) is 11.4 Å². The lowest BCUT2D eigenvalue weighted by Crippen LogP contribution is -2.06. The second-order valence-electron chi connectivity index (χ2n) is 2.19. The van der Waals surface area contributed by atoms with E-state index in [1.807, 2.05) is 0 Å². The van der Waals surface area contributed by atoms with Crippen molar-refractivity contribution in [1.82, 2.24) is 4.98 Å². The highest BCUT2D eigenvalue weighted by Gasteiger charge is 1.94. The third-order valence-electron chi connectivity index (χ3n) is 1.08. The fraction of sp³-hybridized carbons (Fsp3) is 0.143. The maximum Gasteiger partial charge on any atom is 0.221 e. The molecule has 3 N–H and O–H groups in total. The predicted octanol–water partition coefficient (Wildman–Crippen LogP) is 0.622. The predicted molar refractivity (Wildman–Crippen MR) is 43.0 cm³/mol. The number of anilines is 2. The Morgan fingerprint density at radius 2 is 2.36 bits per heavy atom. The second-order valence-corrected chi connectivity index (χ2v) is 2.19. The van der Waals surface area contributed by atoms with Gasteiger partial charge in [-0.05, 0) is 6.07 Å². The third-order valence-corrected chi connectivity index (χ3v) is 1.08. The molecule has 0 aliphatic rings. The molecule has 0 bridgehead atoms. The van der Waals surface area contributed by atoms with Crippen LogP contribution in [0.25, 0.3) is 0 Å². The molecule has 0 unspecified atom stereocenters. The first-order valence-electron chi connectivity index (χ1n) is 3.16. The lowest BCUT2D eigenvalue weighted by molar-refractivity contribution is -0.114. The fourth-order valence-electron chi connectivity index (χ4n) is 0.729. The van der Waals surface area contributed by atoms with Crippen LogP contribution in [0.5, 0.6) is 0 Å². The van der Waals surface area contributed by atoms with Gasteiger partial charge in [-0.1, -0.05) is 0 Å². The molecule has 1 heterocycles. The average molecular weight is 151 g/mol. The van der Waals surface area contributed by atoms with E-state index in [0.29, 0.717) is 11.4 Å². The highest BCUT2D eigenvalue weighted by Crippen LogP contribution is 2.08. The Balaban J connectivity index is 2.79. The number of aromatic nitrogens is 1. The van der Waals surface area contributed by atoms with Crippen molar-refractivity contribution in [2.75, 3.05) is 11.1 Å². The minimum absolute atomic E-state index is 0.127. The molecule has 0 aromatic carbocycles. The molecule has 1 aromatic rings. The topological polar surface area (TPSA) is 68.0 Å². The molecule has 0 radical (unpaired) electrons. The molecule has 0 atom stereocenters. The van der Waals surface area contributed by atoms with E-state index in [1.165, 1.54) is 19.3 Å². The maximum absolute atomic E-state index is 10.5. The van der Waals surface area contributed by atoms with E-state index < -0.39 is 0 Å². The molecule has 1 aromatic heterocycles. The maximum atomic E-state index is 10.5. The summed E-state index contributed by atoms with van der Waals surface area (Å²) in [4.78, 5) is 14.3. The minimum Gasteiger partial charge on any atom is -0.397 e. The Kier molecular flexibility index (Phi) is 2.06. The summed E-state index contributed by atoms with van der Waals surface area (Å²) in [6.07, 6.45) is 3.06. The van der Waals surface area contributed by atoms with Crippen molar-refractivity contribution >= 4 is 17.3 Å². The first kappa shape index (κ1) is 7.53. The van der Waals surface area contributed by atoms with Gasteiger partial charge in [-0.25, -0.2) is 0 Å². The van der Waals surface area contributed by atoms with Crippen LogP contribution >= 0.6 is 0 Å². The van der Waals surface area contributed by atoms with Crippen molar-refractivity contribution in [3.8, 4) is 0 Å². The number of carbonyl (C=O) groups excluding carboxylic acids is 1. The van der Waals surface area contributed by atoms with Crippen LogP contribution in [0.1, 0.15) is 6.92 Å². The number of nitrogens with two attached hydrogens (primary N) is 1. The summed E-state index contributed by atoms with van der Waals surface area (Å²) in [6.45, 7) is 1.43. The summed E-state index contributed by atoms with van der Waals surface area (Å²) in [5.41, 5.74) is 6.58. The Bertz CT molecular complexity index is 272. The van der Waals surface area contributed by atoms with Crippen LogP contribution in [0.15, 0.2) is 18.5 Å². The monoisotopic (exact) mass is 151 g/mol. The summed E-state index contributed by atoms with van der Waals surface area (Å²) in [7, 11) is 0. The molecular weight excluding hydrogens is 142 g/mol. The number of pyridine rings is 1. The highest BCUT2D eigenvalue weighted by molar-refractivity contribution is 5.88. The van der Waals surface area contributed by atoms with Crippen LogP contribution in [0.2, 0.25) is 0 Å². The van der Waals surface area contributed by atoms with E-state index in [-0.39, 0.29) is 5.91 Å². The normalized spacial score (nSPS) is 9.18. The highest BCUT2D eigenvalue weighted by atomic mass is 16.1. The molecule has 4 nitrogen and oxygen atoms in total. The molecule has 0 aliphatic carbocycles. The van der Waals surface area contributed by atoms with Crippen molar-refractivity contribution in [2.45, 2.75) is 6.92 Å². The van der Waals surface area contributed by atoms with Crippen LogP contribution in [0, 0.1) is 0 Å². The molecule has 4 heteroatoms. The first-order valence-corrected chi connectivity index (χ1v) is 3.16. The van der Waals surface area contributed by atoms with Crippen molar-refractivity contribution in [2.24, 2.45) is 0 Å². The van der Waals surface area contributed by atoms with E-state index in [9.17, 15) is 4.79 Å². The summed E-state index contributed by atoms with van der Waals surface area (Å²) in [5, 5.41) is 2.56. The molecule has 0 spiro atoms. The lowest BCUT2D eigenvalue weighted by atomic mass is 10.4. The van der Waals surface area contributed by atoms with Gasteiger partial charge in [-0.15, -0.1) is 0 Å². The van der Waals surface area contributed by atoms with Crippen molar-refractivity contribution in [1.29, 1.82) is 0 Å². The zero-order valence-corrected chi connectivity index (χ0v) is 6.16. The summed E-state index contributed by atoms with van der Waals surface area (Å²) >= 11 is 0. The standard InChI is InChI=1S/C7H9N3O/c1-5(11)10-7-2-6(8)3-9-4-7/h2-4H,8H2,1H3,(H,10,11). The molecule has 1 amide bonds. The smallest absolute Gasteiger partial charge is 0.221 e. The van der Waals surface area contributed by atoms with Crippen molar-refractivity contribution < 1.29 is 4.79 Å². The Morgan fingerprint density at radius 3 is 2.91 bits per heavy atom. The van der Waals surface area contributed by atoms with E-state index in [0.717, 1.165) is 0 Å². The lowest BCUT2D eigenvalue weighted by Gasteiger charge is -2.00. The number of amides is 1. The van der Waals surface area contributed by atoms with Gasteiger partial charge in [0.2, 0.25) is 5.91 Å². The zero-order valence-electron chi connectivity index (χ0n) is 6.16. The molecule has 58 valence electrons. The number of nitrogen functional groups attached to an aromatic ring is 1. The van der Waals surface area contributed by atoms with Crippen LogP contribution in [0.3, 0.4) is 0 Å². The summed E-state index contributed by atoms with van der Waals surface area (Å²) in [6, 6.07) is 1.65. The van der Waals surface area contributed by atoms with Gasteiger partial charge in [0.05, 0.1) is 17.6 Å². The van der Waals surface area contributed by atoms with Gasteiger partial charge in [0.25, 0.3) is 0 Å². The molecule has 1 rings (SSSR count). The molecule has 0 saturated heterocycles. The van der Waals surface area contributed by atoms with Gasteiger partial charge in [-0.3, -0.25) is 9.78 Å². The first-order chi connectivity index (χ1) is 5.18. The van der Waals surface area contributed by atoms with Gasteiger partial charge in [0.15, 0.2) is 0 Å². The zero-order chi connectivity index (χ0) is 8.27. The number of rotatable bonds is 1. The second kappa shape index (κ2) is 3.01. The Hall–Kier alpha value is -1.58. The number of hydrogen-bond donors (Lipinski definition) is 2. The van der Waals surface area contributed by atoms with Gasteiger partial charge in [-0.2, -0.15) is 0 Å². The van der Waals surface area contributed by atoms with Crippen LogP contribution in [-0.4, -0.2) is 10.9 Å². The van der Waals surface area contributed by atoms with Gasteiger partial charge >= 0.3 is 0 Å². The van der Waals surface area contributed by atoms with E-state index in [1.54, 1.807) is 6.07 Å². The Morgan fingerprint density at radius 1 is 1.64 bits per heavy atom. The number of carbonyl (C=O) groups is 1. The molecule has 0 saturated carbocycles. The van der Waals surface area contributed by atoms with Gasteiger partial charge in [0.1, 0.15) is 0 Å². The molecule has 0 fully saturated rings. The van der Waals surface area contributed by atoms with E-state index >= 15 is 0 Å². The van der Waals surface area contributed by atoms with E-state index in [4.69, 9.17) is 5.73 Å². The summed E-state index contributed by atoms with van der Waals surface area (Å²) in [5.74, 6) is -0.127. The number of hydrogen-bond acceptors (Lipinski definition) is 3. The number of nitrogens with zero attached hydrogens (tertiary/aromatic N) is 1. The SMILES string of the molecule is CC(=O)Nc1cncc(N)c1.